The van der Waals surface area contributed by atoms with Crippen LogP contribution in [0.15, 0.2) is 67.4 Å². The molecular weight excluding hydrogens is 460 g/mol. The zero-order valence-electron chi connectivity index (χ0n) is 20.5. The van der Waals surface area contributed by atoms with Gasteiger partial charge in [0.15, 0.2) is 0 Å². The Bertz CT molecular complexity index is 1110. The van der Waals surface area contributed by atoms with Gasteiger partial charge in [-0.2, -0.15) is 0 Å². The Morgan fingerprint density at radius 1 is 1.11 bits per heavy atom. The number of carbonyl (C=O) groups is 3. The molecule has 0 aliphatic carbocycles. The number of nitrogens with zero attached hydrogens (tertiary/aromatic N) is 3. The van der Waals surface area contributed by atoms with E-state index in [9.17, 15) is 14.4 Å². The lowest BCUT2D eigenvalue weighted by Crippen LogP contribution is -2.49. The van der Waals surface area contributed by atoms with Crippen molar-refractivity contribution in [3.05, 3.63) is 84.2 Å². The van der Waals surface area contributed by atoms with E-state index in [0.717, 1.165) is 11.1 Å². The van der Waals surface area contributed by atoms with Gasteiger partial charge in [-0.1, -0.05) is 30.3 Å². The molecule has 2 amide bonds. The summed E-state index contributed by atoms with van der Waals surface area (Å²) < 4.78 is 5.63. The number of hydrogen-bond donors (Lipinski definition) is 3. The second-order valence-electron chi connectivity index (χ2n) is 8.43. The third-order valence-electron chi connectivity index (χ3n) is 5.70. The fraction of sp³-hybridized carbons (Fsp3) is 0.346. The first-order valence-corrected chi connectivity index (χ1v) is 11.8. The van der Waals surface area contributed by atoms with Gasteiger partial charge in [-0.25, -0.2) is 9.78 Å². The molecule has 1 aromatic carbocycles. The molecule has 0 aliphatic rings. The van der Waals surface area contributed by atoms with Crippen LogP contribution in [0.5, 0.6) is 0 Å². The Morgan fingerprint density at radius 2 is 1.83 bits per heavy atom. The van der Waals surface area contributed by atoms with E-state index >= 15 is 0 Å². The van der Waals surface area contributed by atoms with Crippen molar-refractivity contribution >= 4 is 17.8 Å². The van der Waals surface area contributed by atoms with Gasteiger partial charge in [-0.3, -0.25) is 14.6 Å². The monoisotopic (exact) mass is 492 g/mol. The van der Waals surface area contributed by atoms with Crippen LogP contribution < -0.4 is 11.1 Å². The van der Waals surface area contributed by atoms with Crippen LogP contribution in [-0.4, -0.2) is 62.9 Å². The third kappa shape index (κ3) is 7.47. The van der Waals surface area contributed by atoms with Gasteiger partial charge in [-0.05, 0) is 37.1 Å². The highest BCUT2D eigenvalue weighted by Crippen LogP contribution is 2.21. The maximum atomic E-state index is 13.6. The van der Waals surface area contributed by atoms with Gasteiger partial charge in [-0.15, -0.1) is 0 Å². The molecule has 10 heteroatoms. The first-order valence-electron chi connectivity index (χ1n) is 11.8. The van der Waals surface area contributed by atoms with Crippen molar-refractivity contribution in [2.75, 3.05) is 13.2 Å². The summed E-state index contributed by atoms with van der Waals surface area (Å²) in [5, 5.41) is 2.63. The molecule has 3 atom stereocenters. The number of imidazole rings is 1. The minimum absolute atomic E-state index is 0.143. The van der Waals surface area contributed by atoms with Crippen LogP contribution in [0.2, 0.25) is 0 Å². The number of benzene rings is 1. The third-order valence-corrected chi connectivity index (χ3v) is 5.70. The number of nitrogens with two attached hydrogens (primary N) is 1. The van der Waals surface area contributed by atoms with Crippen molar-refractivity contribution in [1.82, 2.24) is 25.2 Å². The van der Waals surface area contributed by atoms with Crippen molar-refractivity contribution in [1.29, 1.82) is 0 Å². The molecule has 190 valence electrons. The van der Waals surface area contributed by atoms with Crippen molar-refractivity contribution in [3.63, 3.8) is 0 Å². The highest BCUT2D eigenvalue weighted by atomic mass is 16.5. The van der Waals surface area contributed by atoms with E-state index in [0.29, 0.717) is 18.8 Å². The first kappa shape index (κ1) is 26.6. The van der Waals surface area contributed by atoms with Crippen LogP contribution in [0, 0.1) is 0 Å². The number of aromatic nitrogens is 3. The number of hydrogen-bond acceptors (Lipinski definition) is 7. The Hall–Kier alpha value is -4.05. The van der Waals surface area contributed by atoms with E-state index in [-0.39, 0.29) is 18.9 Å². The summed E-state index contributed by atoms with van der Waals surface area (Å²) in [5.41, 5.74) is 7.99. The number of carbonyl (C=O) groups excluding carboxylic acids is 3. The summed E-state index contributed by atoms with van der Waals surface area (Å²) in [5.74, 6) is -2.03. The molecule has 0 radical (unpaired) electrons. The van der Waals surface area contributed by atoms with Gasteiger partial charge >= 0.3 is 5.97 Å². The van der Waals surface area contributed by atoms with Crippen LogP contribution in [-0.2, 0) is 32.1 Å². The zero-order chi connectivity index (χ0) is 25.9. The SMILES string of the molecule is CCN(Cc1ccncc1)C(=O)C(COC(=O)[C@H](Cc1cnc[nH]1)NC(=O)[C@H](C)N)c1ccccc1. The van der Waals surface area contributed by atoms with Crippen LogP contribution in [0.3, 0.4) is 0 Å². The molecule has 0 fully saturated rings. The maximum absolute atomic E-state index is 13.6. The quantitative estimate of drug-likeness (QED) is 0.326. The summed E-state index contributed by atoms with van der Waals surface area (Å²) in [4.78, 5) is 51.5. The second-order valence-corrected chi connectivity index (χ2v) is 8.43. The first-order chi connectivity index (χ1) is 17.4. The lowest BCUT2D eigenvalue weighted by atomic mass is 9.98. The highest BCUT2D eigenvalue weighted by Gasteiger charge is 2.30. The van der Waals surface area contributed by atoms with Crippen molar-refractivity contribution in [2.24, 2.45) is 5.73 Å². The minimum Gasteiger partial charge on any atom is -0.463 e. The normalized spacial score (nSPS) is 13.3. The second kappa shape index (κ2) is 13.1. The van der Waals surface area contributed by atoms with Crippen molar-refractivity contribution in [3.8, 4) is 0 Å². The largest absolute Gasteiger partial charge is 0.463 e. The summed E-state index contributed by atoms with van der Waals surface area (Å²) in [6, 6.07) is 11.1. The summed E-state index contributed by atoms with van der Waals surface area (Å²) in [6.45, 7) is 4.13. The molecule has 0 saturated heterocycles. The standard InChI is InChI=1S/C26H32N6O4/c1-3-32(15-19-9-11-28-12-10-19)25(34)22(20-7-5-4-6-8-20)16-36-26(35)23(31-24(33)18(2)27)13-21-14-29-17-30-21/h4-12,14,17-18,22-23H,3,13,15-16,27H2,1-2H3,(H,29,30)(H,31,33)/t18-,22?,23-/m0/s1. The molecule has 0 aliphatic heterocycles. The summed E-state index contributed by atoms with van der Waals surface area (Å²) >= 11 is 0. The minimum atomic E-state index is -0.991. The molecule has 0 bridgehead atoms. The number of amides is 2. The zero-order valence-corrected chi connectivity index (χ0v) is 20.5. The van der Waals surface area contributed by atoms with Crippen molar-refractivity contribution in [2.45, 2.75) is 44.8 Å². The van der Waals surface area contributed by atoms with Crippen LogP contribution in [0.1, 0.15) is 36.6 Å². The molecule has 2 heterocycles. The van der Waals surface area contributed by atoms with Gasteiger partial charge in [0.05, 0.1) is 18.3 Å². The van der Waals surface area contributed by atoms with Gasteiger partial charge in [0.1, 0.15) is 12.6 Å². The number of aromatic amines is 1. The molecule has 36 heavy (non-hydrogen) atoms. The van der Waals surface area contributed by atoms with E-state index in [1.807, 2.05) is 49.4 Å². The van der Waals surface area contributed by atoms with Crippen LogP contribution >= 0.6 is 0 Å². The van der Waals surface area contributed by atoms with E-state index in [1.54, 1.807) is 23.5 Å². The van der Waals surface area contributed by atoms with Crippen LogP contribution in [0.25, 0.3) is 0 Å². The van der Waals surface area contributed by atoms with E-state index in [4.69, 9.17) is 10.5 Å². The molecular formula is C26H32N6O4. The molecule has 1 unspecified atom stereocenters. The van der Waals surface area contributed by atoms with E-state index in [2.05, 4.69) is 20.3 Å². The molecule has 0 saturated carbocycles. The number of H-pyrrole nitrogens is 1. The fourth-order valence-corrected chi connectivity index (χ4v) is 3.65. The number of pyridine rings is 1. The smallest absolute Gasteiger partial charge is 0.329 e. The van der Waals surface area contributed by atoms with E-state index < -0.39 is 29.9 Å². The van der Waals surface area contributed by atoms with Gasteiger partial charge in [0.25, 0.3) is 0 Å². The predicted octanol–water partition coefficient (Wildman–Crippen LogP) is 1.55. The average molecular weight is 493 g/mol. The number of ether oxygens (including phenoxy) is 1. The molecule has 2 aromatic heterocycles. The fourth-order valence-electron chi connectivity index (χ4n) is 3.65. The van der Waals surface area contributed by atoms with Gasteiger partial charge in [0, 0.05) is 43.8 Å². The van der Waals surface area contributed by atoms with E-state index in [1.165, 1.54) is 13.3 Å². The predicted molar refractivity (Wildman–Crippen MR) is 133 cm³/mol. The number of esters is 1. The highest BCUT2D eigenvalue weighted by molar-refractivity contribution is 5.88. The molecule has 10 nitrogen and oxygen atoms in total. The molecule has 3 rings (SSSR count). The summed E-state index contributed by atoms with van der Waals surface area (Å²) in [7, 11) is 0. The lowest BCUT2D eigenvalue weighted by Gasteiger charge is -2.27. The topological polar surface area (TPSA) is 143 Å². The molecule has 4 N–H and O–H groups in total. The van der Waals surface area contributed by atoms with Gasteiger partial charge < -0.3 is 25.7 Å². The lowest BCUT2D eigenvalue weighted by molar-refractivity contribution is -0.150. The molecule has 0 spiro atoms. The number of nitrogens with one attached hydrogen (secondary N) is 2. The van der Waals surface area contributed by atoms with Gasteiger partial charge in [0.2, 0.25) is 11.8 Å². The Morgan fingerprint density at radius 3 is 2.44 bits per heavy atom. The summed E-state index contributed by atoms with van der Waals surface area (Å²) in [6.07, 6.45) is 6.55. The van der Waals surface area contributed by atoms with Crippen LogP contribution in [0.4, 0.5) is 0 Å². The maximum Gasteiger partial charge on any atom is 0.329 e. The average Bonchev–Trinajstić information content (AvgIpc) is 3.41. The molecule has 3 aromatic rings. The Labute approximate surface area is 210 Å². The Kier molecular flexibility index (Phi) is 9.70. The number of likely N-dealkylation sites (N-methyl/N-ethyl adjacent to an activating group) is 1. The number of rotatable bonds is 12. The van der Waals surface area contributed by atoms with Crippen molar-refractivity contribution < 1.29 is 19.1 Å². The Balaban J connectivity index is 1.77.